The van der Waals surface area contributed by atoms with Gasteiger partial charge in [0.2, 0.25) is 5.69 Å². The van der Waals surface area contributed by atoms with Crippen molar-refractivity contribution in [3.8, 4) is 28.8 Å². The van der Waals surface area contributed by atoms with Crippen molar-refractivity contribution in [2.24, 2.45) is 0 Å². The number of rotatable bonds is 8. The number of nitriles is 1. The number of aromatic nitrogens is 4. The van der Waals surface area contributed by atoms with Gasteiger partial charge < -0.3 is 18.9 Å². The summed E-state index contributed by atoms with van der Waals surface area (Å²) in [4.78, 5) is 28.0. The zero-order valence-electron chi connectivity index (χ0n) is 22.6. The van der Waals surface area contributed by atoms with Crippen molar-refractivity contribution in [3.63, 3.8) is 0 Å². The summed E-state index contributed by atoms with van der Waals surface area (Å²) in [6.45, 7) is 1.53. The maximum Gasteiger partial charge on any atom is 0.573 e. The van der Waals surface area contributed by atoms with Crippen molar-refractivity contribution in [3.05, 3.63) is 86.4 Å². The molecule has 1 aliphatic heterocycles. The highest BCUT2D eigenvalue weighted by molar-refractivity contribution is 5.70. The first-order valence-electron chi connectivity index (χ1n) is 13.6. The van der Waals surface area contributed by atoms with E-state index in [9.17, 15) is 22.8 Å². The fourth-order valence-electron chi connectivity index (χ4n) is 5.15. The predicted molar refractivity (Wildman–Crippen MR) is 146 cm³/mol. The minimum Gasteiger partial charge on any atom is -0.405 e. The quantitative estimate of drug-likeness (QED) is 0.314. The third kappa shape index (κ3) is 6.17. The number of nitrogens with one attached hydrogen (secondary N) is 1. The van der Waals surface area contributed by atoms with Gasteiger partial charge in [-0.25, -0.2) is 4.79 Å². The highest BCUT2D eigenvalue weighted by Gasteiger charge is 2.36. The number of anilines is 1. The van der Waals surface area contributed by atoms with Gasteiger partial charge in [0.05, 0.1) is 18.4 Å². The van der Waals surface area contributed by atoms with Gasteiger partial charge in [0.15, 0.2) is 0 Å². The molecule has 2 aromatic heterocycles. The van der Waals surface area contributed by atoms with Crippen LogP contribution in [0.2, 0.25) is 0 Å². The lowest BCUT2D eigenvalue weighted by molar-refractivity contribution is -0.274. The molecule has 0 bridgehead atoms. The van der Waals surface area contributed by atoms with Gasteiger partial charge in [-0.05, 0) is 62.1 Å². The average Bonchev–Trinajstić information content (AvgIpc) is 3.75. The van der Waals surface area contributed by atoms with E-state index >= 15 is 0 Å². The first-order chi connectivity index (χ1) is 20.7. The number of nitrogens with zero attached hydrogens (tertiary/aromatic N) is 5. The minimum absolute atomic E-state index is 0.0830. The molecule has 222 valence electrons. The number of benzene rings is 2. The fourth-order valence-corrected chi connectivity index (χ4v) is 5.15. The topological polar surface area (TPSA) is 139 Å². The van der Waals surface area contributed by atoms with Crippen LogP contribution in [-0.2, 0) is 11.3 Å². The molecule has 2 aromatic carbocycles. The van der Waals surface area contributed by atoms with Gasteiger partial charge >= 0.3 is 12.1 Å². The molecule has 0 amide bonds. The summed E-state index contributed by atoms with van der Waals surface area (Å²) >= 11 is 0. The van der Waals surface area contributed by atoms with Gasteiger partial charge in [-0.2, -0.15) is 9.94 Å². The molecule has 0 radical (unpaired) electrons. The molecule has 43 heavy (non-hydrogen) atoms. The maximum absolute atomic E-state index is 13.0. The number of H-pyrrole nitrogens is 1. The molecule has 2 aliphatic rings. The Bertz CT molecular complexity index is 1780. The summed E-state index contributed by atoms with van der Waals surface area (Å²) in [5.74, 6) is 0.472. The van der Waals surface area contributed by atoms with E-state index in [-0.39, 0.29) is 35.6 Å². The van der Waals surface area contributed by atoms with E-state index in [0.717, 1.165) is 23.2 Å². The summed E-state index contributed by atoms with van der Waals surface area (Å²) in [5.41, 5.74) is 0.447. The molecule has 11 nitrogen and oxygen atoms in total. The molecule has 6 rings (SSSR count). The maximum atomic E-state index is 13.0. The molecule has 2 fully saturated rings. The second-order valence-corrected chi connectivity index (χ2v) is 10.3. The van der Waals surface area contributed by atoms with Crippen molar-refractivity contribution in [2.45, 2.75) is 50.7 Å². The molecular formula is C29H25F3N6O5. The number of halogens is 3. The summed E-state index contributed by atoms with van der Waals surface area (Å²) < 4.78 is 56.2. The Morgan fingerprint density at radius 2 is 1.72 bits per heavy atom. The van der Waals surface area contributed by atoms with E-state index in [2.05, 4.69) is 24.9 Å². The van der Waals surface area contributed by atoms with Crippen LogP contribution in [0.1, 0.15) is 48.6 Å². The van der Waals surface area contributed by atoms with Crippen LogP contribution in [0.4, 0.5) is 18.9 Å². The summed E-state index contributed by atoms with van der Waals surface area (Å²) in [6.07, 6.45) is -1.66. The third-order valence-electron chi connectivity index (χ3n) is 7.43. The Labute approximate surface area is 242 Å². The zero-order chi connectivity index (χ0) is 30.1. The number of alkyl halides is 3. The Morgan fingerprint density at radius 3 is 2.40 bits per heavy atom. The number of hydrogen-bond acceptors (Lipinski definition) is 9. The Morgan fingerprint density at radius 1 is 1.02 bits per heavy atom. The van der Waals surface area contributed by atoms with Crippen molar-refractivity contribution < 1.29 is 27.2 Å². The van der Waals surface area contributed by atoms with Gasteiger partial charge in [0.25, 0.3) is 5.56 Å². The van der Waals surface area contributed by atoms with Crippen LogP contribution in [0, 0.1) is 11.3 Å². The van der Waals surface area contributed by atoms with Crippen molar-refractivity contribution >= 4 is 5.69 Å². The van der Waals surface area contributed by atoms with Crippen LogP contribution < -0.4 is 20.9 Å². The molecule has 0 spiro atoms. The number of ether oxygens (including phenoxy) is 2. The van der Waals surface area contributed by atoms with E-state index in [1.54, 1.807) is 24.3 Å². The highest BCUT2D eigenvalue weighted by atomic mass is 19.4. The van der Waals surface area contributed by atoms with Crippen LogP contribution >= 0.6 is 0 Å². The van der Waals surface area contributed by atoms with Crippen LogP contribution in [0.25, 0.3) is 16.9 Å². The van der Waals surface area contributed by atoms with Crippen LogP contribution in [0.3, 0.4) is 0 Å². The van der Waals surface area contributed by atoms with Gasteiger partial charge in [-0.1, -0.05) is 17.3 Å². The van der Waals surface area contributed by atoms with E-state index in [4.69, 9.17) is 14.5 Å². The molecule has 1 aliphatic carbocycles. The second kappa shape index (κ2) is 11.4. The predicted octanol–water partition coefficient (Wildman–Crippen LogP) is 4.41. The largest absolute Gasteiger partial charge is 0.573 e. The first-order valence-corrected chi connectivity index (χ1v) is 13.6. The van der Waals surface area contributed by atoms with E-state index in [1.807, 2.05) is 12.1 Å². The van der Waals surface area contributed by atoms with E-state index in [1.165, 1.54) is 18.2 Å². The van der Waals surface area contributed by atoms with Crippen LogP contribution in [0.5, 0.6) is 5.75 Å². The lowest BCUT2D eigenvalue weighted by Crippen LogP contribution is -2.37. The molecule has 1 N–H and O–H groups in total. The number of para-hydroxylation sites is 1. The first kappa shape index (κ1) is 28.2. The van der Waals surface area contributed by atoms with Crippen LogP contribution in [0.15, 0.2) is 62.6 Å². The molecular weight excluding hydrogens is 569 g/mol. The Hall–Kier alpha value is -4.90. The zero-order valence-corrected chi connectivity index (χ0v) is 22.6. The molecule has 4 aromatic rings. The summed E-state index contributed by atoms with van der Waals surface area (Å²) in [5, 5.41) is 17.0. The molecule has 14 heteroatoms. The third-order valence-corrected chi connectivity index (χ3v) is 7.43. The highest BCUT2D eigenvalue weighted by Crippen LogP contribution is 2.45. The number of hydrogen-bond donors (Lipinski definition) is 1. The lowest BCUT2D eigenvalue weighted by Gasteiger charge is -2.33. The van der Waals surface area contributed by atoms with Gasteiger partial charge in [0.1, 0.15) is 23.3 Å². The standard InChI is InChI=1S/C29H25F3N6O5/c30-29(31,32)42-24-4-2-1-3-21(24)25-22(26(43-36-25)17-5-6-17)16-41-20-11-13-37(14-12-20)18-7-9-19(10-8-18)38-28(40)34-27(39)23(15-33)35-38/h1-4,7-10,17,20H,5-6,11-14,16H2,(H,34,39,40). The Kier molecular flexibility index (Phi) is 7.49. The van der Waals surface area contributed by atoms with E-state index in [0.29, 0.717) is 42.9 Å². The number of piperidine rings is 1. The van der Waals surface area contributed by atoms with Gasteiger partial charge in [-0.15, -0.1) is 18.3 Å². The summed E-state index contributed by atoms with van der Waals surface area (Å²) in [7, 11) is 0. The Balaban J connectivity index is 1.12. The van der Waals surface area contributed by atoms with Gasteiger partial charge in [0, 0.05) is 35.8 Å². The molecule has 3 heterocycles. The smallest absolute Gasteiger partial charge is 0.405 e. The monoisotopic (exact) mass is 594 g/mol. The minimum atomic E-state index is -4.85. The average molecular weight is 595 g/mol. The van der Waals surface area contributed by atoms with Crippen molar-refractivity contribution in [2.75, 3.05) is 18.0 Å². The molecule has 0 atom stereocenters. The van der Waals surface area contributed by atoms with Crippen molar-refractivity contribution in [1.82, 2.24) is 19.9 Å². The number of aromatic amines is 1. The lowest BCUT2D eigenvalue weighted by atomic mass is 10.0. The second-order valence-electron chi connectivity index (χ2n) is 10.3. The normalized spacial score (nSPS) is 15.8. The van der Waals surface area contributed by atoms with Crippen LogP contribution in [-0.4, -0.2) is 45.5 Å². The summed E-state index contributed by atoms with van der Waals surface area (Å²) in [6, 6.07) is 14.5. The molecule has 0 unspecified atom stereocenters. The van der Waals surface area contributed by atoms with E-state index < -0.39 is 23.3 Å². The van der Waals surface area contributed by atoms with Crippen molar-refractivity contribution in [1.29, 1.82) is 5.26 Å². The van der Waals surface area contributed by atoms with Gasteiger partial charge in [-0.3, -0.25) is 9.78 Å². The molecule has 1 saturated carbocycles. The fraction of sp³-hybridized carbons (Fsp3) is 0.345. The molecule has 1 saturated heterocycles. The SMILES string of the molecule is N#Cc1nn(-c2ccc(N3CCC(OCc4c(-c5ccccc5OC(F)(F)F)noc4C4CC4)CC3)cc2)c(=O)[nH]c1=O.